The van der Waals surface area contributed by atoms with E-state index in [9.17, 15) is 0 Å². The van der Waals surface area contributed by atoms with Crippen LogP contribution in [0.4, 0.5) is 0 Å². The van der Waals surface area contributed by atoms with E-state index >= 15 is 0 Å². The third kappa shape index (κ3) is 8.57. The molecule has 0 unspecified atom stereocenters. The largest absolute Gasteiger partial charge is 0.302 e. The van der Waals surface area contributed by atoms with E-state index in [1.807, 2.05) is 47.0 Å². The summed E-state index contributed by atoms with van der Waals surface area (Å²) in [4.78, 5) is 5.14. The molecule has 12 heteroatoms. The molecule has 0 radical (unpaired) electrons. The molecule has 30 heavy (non-hydrogen) atoms. The van der Waals surface area contributed by atoms with Gasteiger partial charge in [0.25, 0.3) is 0 Å². The molecule has 0 saturated carbocycles. The highest BCUT2D eigenvalue weighted by atomic mass is 32.2. The Morgan fingerprint density at radius 2 is 0.833 bits per heavy atom. The first-order valence-corrected chi connectivity index (χ1v) is 17.8. The van der Waals surface area contributed by atoms with Gasteiger partial charge >= 0.3 is 0 Å². The highest BCUT2D eigenvalue weighted by Gasteiger charge is 2.14. The average Bonchev–Trinajstić information content (AvgIpc) is 3.26. The summed E-state index contributed by atoms with van der Waals surface area (Å²) >= 11 is 26.2. The van der Waals surface area contributed by atoms with Gasteiger partial charge in [0.15, 0.2) is 0 Å². The van der Waals surface area contributed by atoms with Gasteiger partial charge in [-0.05, 0) is 13.1 Å². The van der Waals surface area contributed by atoms with Crippen molar-refractivity contribution in [3.8, 4) is 0 Å². The second kappa shape index (κ2) is 14.3. The van der Waals surface area contributed by atoms with Crippen molar-refractivity contribution >= 4 is 117 Å². The van der Waals surface area contributed by atoms with Crippen LogP contribution in [-0.2, 0) is 0 Å². The molecule has 0 atom stereocenters. The van der Waals surface area contributed by atoms with Crippen LogP contribution >= 0.6 is 117 Å². The zero-order chi connectivity index (χ0) is 21.3. The number of hydrogen-bond acceptors (Lipinski definition) is 12. The summed E-state index contributed by atoms with van der Waals surface area (Å²) in [5, 5.41) is 0. The zero-order valence-electron chi connectivity index (χ0n) is 17.0. The third-order valence-corrected chi connectivity index (χ3v) is 15.6. The Balaban J connectivity index is 1.69. The summed E-state index contributed by atoms with van der Waals surface area (Å²) in [6.07, 6.45) is 0. The molecule has 0 aromatic carbocycles. The van der Waals surface area contributed by atoms with Crippen LogP contribution in [0.2, 0.25) is 0 Å². The van der Waals surface area contributed by atoms with Crippen LogP contribution in [0.1, 0.15) is 13.8 Å². The van der Waals surface area contributed by atoms with Gasteiger partial charge in [-0.15, -0.1) is 92.4 Å². The Labute approximate surface area is 223 Å². The molecule has 0 amide bonds. The fraction of sp³-hybridized carbons (Fsp3) is 0.667. The number of fused-ring (bicyclic) bond motifs is 2. The molecule has 0 N–H and O–H groups in total. The standard InChI is InChI=1S/C18H26N2S10/c1-3-19-5-9-23-13-15(29-17(21)27-13)25-11-7-20(4-2)8-12-26-16-14(24-10-6-19)28-18(22)30-16/h3-12H2,1-2H3. The maximum atomic E-state index is 5.51. The quantitative estimate of drug-likeness (QED) is 0.319. The van der Waals surface area contributed by atoms with Crippen LogP contribution in [0.15, 0.2) is 16.8 Å². The summed E-state index contributed by atoms with van der Waals surface area (Å²) in [7, 11) is 0. The second-order valence-corrected chi connectivity index (χ2v) is 18.2. The molecule has 0 aliphatic carbocycles. The summed E-state index contributed by atoms with van der Waals surface area (Å²) in [6, 6.07) is 0. The Kier molecular flexibility index (Phi) is 12.6. The SMILES string of the molecule is CCN1CCSc2sc(=S)sc2SCCN(CC)CCSc2sc(=S)sc2SCC1. The third-order valence-electron chi connectivity index (χ3n) is 4.49. The zero-order valence-corrected chi connectivity index (χ0v) is 25.2. The minimum absolute atomic E-state index is 1.06. The number of hydrogen-bond donors (Lipinski definition) is 0. The van der Waals surface area contributed by atoms with Gasteiger partial charge < -0.3 is 9.80 Å². The van der Waals surface area contributed by atoms with Crippen molar-refractivity contribution in [2.45, 2.75) is 30.7 Å². The van der Waals surface area contributed by atoms with E-state index in [-0.39, 0.29) is 0 Å². The lowest BCUT2D eigenvalue weighted by atomic mass is 10.5. The molecule has 2 nitrogen and oxygen atoms in total. The van der Waals surface area contributed by atoms with E-state index in [4.69, 9.17) is 24.4 Å². The highest BCUT2D eigenvalue weighted by Crippen LogP contribution is 2.42. The van der Waals surface area contributed by atoms with Gasteiger partial charge in [-0.3, -0.25) is 0 Å². The van der Waals surface area contributed by atoms with E-state index in [1.165, 1.54) is 16.8 Å². The fourth-order valence-electron chi connectivity index (χ4n) is 2.79. The Hall–Kier alpha value is 1.86. The molecule has 0 spiro atoms. The Morgan fingerprint density at radius 3 is 1.07 bits per heavy atom. The normalized spacial score (nSPS) is 19.0. The van der Waals surface area contributed by atoms with Gasteiger partial charge in [0, 0.05) is 49.2 Å². The first-order chi connectivity index (χ1) is 14.6. The molecule has 3 rings (SSSR count). The van der Waals surface area contributed by atoms with Gasteiger partial charge in [-0.25, -0.2) is 0 Å². The summed E-state index contributed by atoms with van der Waals surface area (Å²) in [5.74, 6) is 4.53. The van der Waals surface area contributed by atoms with Crippen molar-refractivity contribution in [2.24, 2.45) is 0 Å². The lowest BCUT2D eigenvalue weighted by Crippen LogP contribution is -2.28. The van der Waals surface area contributed by atoms with Crippen molar-refractivity contribution in [2.75, 3.05) is 62.3 Å². The van der Waals surface area contributed by atoms with Gasteiger partial charge in [-0.2, -0.15) is 0 Å². The van der Waals surface area contributed by atoms with Crippen molar-refractivity contribution in [3.63, 3.8) is 0 Å². The molecular weight excluding hydrogens is 565 g/mol. The van der Waals surface area contributed by atoms with E-state index in [1.54, 1.807) is 45.3 Å². The van der Waals surface area contributed by atoms with Gasteiger partial charge in [0.2, 0.25) is 0 Å². The molecular formula is C18H26N2S10. The number of thioether (sulfide) groups is 4. The summed E-state index contributed by atoms with van der Waals surface area (Å²) in [5.41, 5.74) is 0. The van der Waals surface area contributed by atoms with Crippen LogP contribution in [0.3, 0.4) is 0 Å². The molecule has 1 aliphatic rings. The first kappa shape index (κ1) is 26.5. The topological polar surface area (TPSA) is 6.48 Å². The van der Waals surface area contributed by atoms with E-state index in [0.717, 1.165) is 68.6 Å². The predicted molar refractivity (Wildman–Crippen MR) is 153 cm³/mol. The van der Waals surface area contributed by atoms with Crippen LogP contribution in [0, 0.1) is 6.28 Å². The molecule has 2 aromatic rings. The fourth-order valence-corrected chi connectivity index (χ4v) is 15.3. The van der Waals surface area contributed by atoms with Crippen molar-refractivity contribution in [1.82, 2.24) is 9.80 Å². The molecule has 0 bridgehead atoms. The molecule has 0 saturated heterocycles. The second-order valence-electron chi connectivity index (χ2n) is 6.32. The van der Waals surface area contributed by atoms with Crippen molar-refractivity contribution < 1.29 is 0 Å². The molecule has 1 aliphatic heterocycles. The van der Waals surface area contributed by atoms with Gasteiger partial charge in [0.1, 0.15) is 6.28 Å². The van der Waals surface area contributed by atoms with Crippen LogP contribution < -0.4 is 0 Å². The van der Waals surface area contributed by atoms with E-state index in [2.05, 4.69) is 23.6 Å². The van der Waals surface area contributed by atoms with Crippen LogP contribution in [-0.4, -0.2) is 72.1 Å². The van der Waals surface area contributed by atoms with Crippen LogP contribution in [0.5, 0.6) is 0 Å². The van der Waals surface area contributed by atoms with Gasteiger partial charge in [-0.1, -0.05) is 38.3 Å². The van der Waals surface area contributed by atoms with Gasteiger partial charge in [0.05, 0.1) is 16.8 Å². The van der Waals surface area contributed by atoms with E-state index < -0.39 is 0 Å². The van der Waals surface area contributed by atoms with E-state index in [0.29, 0.717) is 0 Å². The Morgan fingerprint density at radius 1 is 0.567 bits per heavy atom. The lowest BCUT2D eigenvalue weighted by molar-refractivity contribution is 0.326. The monoisotopic (exact) mass is 590 g/mol. The minimum atomic E-state index is 1.06. The summed E-state index contributed by atoms with van der Waals surface area (Å²) in [6.45, 7) is 11.3. The molecule has 0 fully saturated rings. The maximum Gasteiger partial charge on any atom is 0.145 e. The first-order valence-electron chi connectivity index (χ1n) is 9.82. The summed E-state index contributed by atoms with van der Waals surface area (Å²) < 4.78 is 7.86. The molecule has 2 aromatic heterocycles. The number of rotatable bonds is 2. The highest BCUT2D eigenvalue weighted by molar-refractivity contribution is 8.05. The minimum Gasteiger partial charge on any atom is -0.302 e. The molecule has 3 heterocycles. The number of nitrogens with zero attached hydrogens (tertiary/aromatic N) is 2. The van der Waals surface area contributed by atoms with Crippen LogP contribution in [0.25, 0.3) is 0 Å². The predicted octanol–water partition coefficient (Wildman–Crippen LogP) is 8.12. The van der Waals surface area contributed by atoms with Crippen molar-refractivity contribution in [3.05, 3.63) is 6.28 Å². The maximum absolute atomic E-state index is 5.51. The average molecular weight is 591 g/mol. The molecule has 168 valence electrons. The van der Waals surface area contributed by atoms with Crippen molar-refractivity contribution in [1.29, 1.82) is 0 Å². The lowest BCUT2D eigenvalue weighted by Gasteiger charge is -2.21. The smallest absolute Gasteiger partial charge is 0.145 e. The Bertz CT molecular complexity index is 749.